The lowest BCUT2D eigenvalue weighted by molar-refractivity contribution is 0.122. The van der Waals surface area contributed by atoms with Gasteiger partial charge in [0.2, 0.25) is 0 Å². The molecule has 2 N–H and O–H groups in total. The van der Waals surface area contributed by atoms with Gasteiger partial charge in [0.05, 0.1) is 18.8 Å². The van der Waals surface area contributed by atoms with Gasteiger partial charge in [0.15, 0.2) is 11.3 Å². The monoisotopic (exact) mass is 246 g/mol. The van der Waals surface area contributed by atoms with Crippen molar-refractivity contribution >= 4 is 11.6 Å². The second kappa shape index (κ2) is 4.34. The summed E-state index contributed by atoms with van der Waals surface area (Å²) in [5.41, 5.74) is 6.98. The van der Waals surface area contributed by atoms with Gasteiger partial charge in [0, 0.05) is 30.9 Å². The van der Waals surface area contributed by atoms with Crippen LogP contribution in [-0.2, 0) is 4.74 Å². The highest BCUT2D eigenvalue weighted by atomic mass is 16.5. The number of rotatable bonds is 1. The van der Waals surface area contributed by atoms with Crippen LogP contribution in [0.2, 0.25) is 0 Å². The summed E-state index contributed by atoms with van der Waals surface area (Å²) in [6, 6.07) is 6.79. The predicted octanol–water partition coefficient (Wildman–Crippen LogP) is 1.16. The molecule has 2 heterocycles. The molecule has 0 aromatic heterocycles. The highest BCUT2D eigenvalue weighted by molar-refractivity contribution is 5.67. The molecule has 0 aromatic rings. The van der Waals surface area contributed by atoms with Crippen LogP contribution < -0.4 is 16.1 Å². The maximum absolute atomic E-state index is 12.0. The van der Waals surface area contributed by atoms with E-state index in [-0.39, 0.29) is 5.43 Å². The molecule has 5 heteroatoms. The summed E-state index contributed by atoms with van der Waals surface area (Å²) in [6.45, 7) is 2.93. The maximum atomic E-state index is 12.0. The molecule has 0 saturated carbocycles. The molecule has 0 atom stereocenters. The lowest BCUT2D eigenvalue weighted by Crippen LogP contribution is -2.36. The van der Waals surface area contributed by atoms with Crippen molar-refractivity contribution in [3.63, 3.8) is 0 Å². The lowest BCUT2D eigenvalue weighted by atomic mass is 10.1. The summed E-state index contributed by atoms with van der Waals surface area (Å²) >= 11 is 0. The van der Waals surface area contributed by atoms with Crippen molar-refractivity contribution in [1.29, 1.82) is 0 Å². The largest absolute Gasteiger partial charge is 0.441 e. The summed E-state index contributed by atoms with van der Waals surface area (Å²) < 4.78 is 10.7. The summed E-state index contributed by atoms with van der Waals surface area (Å²) in [7, 11) is 0. The van der Waals surface area contributed by atoms with Crippen LogP contribution in [0.1, 0.15) is 0 Å². The number of nitrogens with two attached hydrogens (primary N) is 1. The summed E-state index contributed by atoms with van der Waals surface area (Å²) in [6.07, 6.45) is 0. The molecule has 1 aliphatic carbocycles. The van der Waals surface area contributed by atoms with E-state index in [1.54, 1.807) is 18.2 Å². The molecule has 0 radical (unpaired) electrons. The number of morpholine rings is 1. The normalized spacial score (nSPS) is 16.1. The number of nitrogens with zero attached hydrogens (tertiary/aromatic N) is 1. The quantitative estimate of drug-likeness (QED) is 0.817. The zero-order chi connectivity index (χ0) is 12.5. The van der Waals surface area contributed by atoms with Gasteiger partial charge in [-0.15, -0.1) is 0 Å². The molecule has 1 saturated heterocycles. The van der Waals surface area contributed by atoms with Crippen LogP contribution in [0.5, 0.6) is 0 Å². The van der Waals surface area contributed by atoms with Crippen LogP contribution in [0.4, 0.5) is 11.6 Å². The molecule has 18 heavy (non-hydrogen) atoms. The van der Waals surface area contributed by atoms with Crippen molar-refractivity contribution < 1.29 is 9.15 Å². The summed E-state index contributed by atoms with van der Waals surface area (Å²) in [4.78, 5) is 14.1. The van der Waals surface area contributed by atoms with Crippen molar-refractivity contribution in [2.24, 2.45) is 0 Å². The second-order valence-corrected chi connectivity index (χ2v) is 4.29. The summed E-state index contributed by atoms with van der Waals surface area (Å²) in [5.74, 6) is 0.838. The Balaban J connectivity index is 2.08. The average molecular weight is 246 g/mol. The molecule has 2 aliphatic heterocycles. The molecule has 3 aliphatic rings. The zero-order valence-corrected chi connectivity index (χ0v) is 9.89. The number of nitrogen functional groups attached to an aromatic ring is 1. The minimum absolute atomic E-state index is 0.0438. The first-order valence-corrected chi connectivity index (χ1v) is 5.90. The molecule has 5 nitrogen and oxygen atoms in total. The van der Waals surface area contributed by atoms with Crippen molar-refractivity contribution in [3.8, 4) is 11.3 Å². The third-order valence-corrected chi connectivity index (χ3v) is 3.11. The van der Waals surface area contributed by atoms with E-state index < -0.39 is 0 Å². The highest BCUT2D eigenvalue weighted by Gasteiger charge is 2.16. The Morgan fingerprint density at radius 1 is 1.17 bits per heavy atom. The number of ether oxygens (including phenoxy) is 1. The number of fused-ring (bicyclic) bond motifs is 1. The smallest absolute Gasteiger partial charge is 0.191 e. The van der Waals surface area contributed by atoms with Gasteiger partial charge < -0.3 is 19.8 Å². The minimum atomic E-state index is -0.0438. The molecule has 94 valence electrons. The zero-order valence-electron chi connectivity index (χ0n) is 9.89. The third kappa shape index (κ3) is 1.93. The van der Waals surface area contributed by atoms with Gasteiger partial charge in [0.1, 0.15) is 5.76 Å². The number of benzene rings is 1. The number of hydrogen-bond donors (Lipinski definition) is 1. The van der Waals surface area contributed by atoms with Crippen molar-refractivity contribution in [2.75, 3.05) is 36.9 Å². The topological polar surface area (TPSA) is 68.7 Å². The maximum Gasteiger partial charge on any atom is 0.191 e. The average Bonchev–Trinajstić information content (AvgIpc) is 2.39. The van der Waals surface area contributed by atoms with E-state index >= 15 is 0 Å². The first-order valence-electron chi connectivity index (χ1n) is 5.90. The molecular weight excluding hydrogens is 232 g/mol. The number of hydrogen-bond acceptors (Lipinski definition) is 5. The third-order valence-electron chi connectivity index (χ3n) is 3.11. The van der Waals surface area contributed by atoms with Gasteiger partial charge in [-0.1, -0.05) is 0 Å². The standard InChI is InChI=1S/C13H14N2O3/c14-13-2-1-10-11(16)7-9(8-12(10)18-13)15-3-5-17-6-4-15/h1-2,7-8H,3-6,14H2. The van der Waals surface area contributed by atoms with Crippen molar-refractivity contribution in [2.45, 2.75) is 0 Å². The van der Waals surface area contributed by atoms with Gasteiger partial charge in [-0.05, 0) is 12.1 Å². The Morgan fingerprint density at radius 2 is 1.94 bits per heavy atom. The van der Waals surface area contributed by atoms with E-state index in [9.17, 15) is 4.79 Å². The fraction of sp³-hybridized carbons (Fsp3) is 0.308. The van der Waals surface area contributed by atoms with E-state index in [0.29, 0.717) is 30.4 Å². The van der Waals surface area contributed by atoms with Crippen LogP contribution >= 0.6 is 0 Å². The fourth-order valence-electron chi connectivity index (χ4n) is 2.17. The Kier molecular flexibility index (Phi) is 2.68. The van der Waals surface area contributed by atoms with Gasteiger partial charge in [0.25, 0.3) is 0 Å². The Morgan fingerprint density at radius 3 is 2.72 bits per heavy atom. The Hall–Kier alpha value is -2.01. The molecule has 3 rings (SSSR count). The lowest BCUT2D eigenvalue weighted by Gasteiger charge is -2.29. The van der Waals surface area contributed by atoms with Gasteiger partial charge in [-0.2, -0.15) is 0 Å². The summed E-state index contributed by atoms with van der Waals surface area (Å²) in [5, 5.41) is 0. The van der Waals surface area contributed by atoms with E-state index in [1.165, 1.54) is 0 Å². The van der Waals surface area contributed by atoms with E-state index in [1.807, 2.05) is 6.07 Å². The van der Waals surface area contributed by atoms with Crippen LogP contribution in [-0.4, -0.2) is 26.3 Å². The minimum Gasteiger partial charge on any atom is -0.441 e. The molecule has 0 aromatic carbocycles. The van der Waals surface area contributed by atoms with Crippen LogP contribution in [0.25, 0.3) is 11.3 Å². The van der Waals surface area contributed by atoms with Crippen LogP contribution in [0.15, 0.2) is 33.5 Å². The van der Waals surface area contributed by atoms with Gasteiger partial charge in [-0.25, -0.2) is 0 Å². The van der Waals surface area contributed by atoms with Crippen molar-refractivity contribution in [3.05, 3.63) is 34.5 Å². The van der Waals surface area contributed by atoms with E-state index in [0.717, 1.165) is 18.8 Å². The Labute approximate surface area is 104 Å². The second-order valence-electron chi connectivity index (χ2n) is 4.29. The van der Waals surface area contributed by atoms with Gasteiger partial charge >= 0.3 is 0 Å². The van der Waals surface area contributed by atoms with Crippen LogP contribution in [0.3, 0.4) is 0 Å². The van der Waals surface area contributed by atoms with Gasteiger partial charge in [-0.3, -0.25) is 4.79 Å². The number of anilines is 2. The fourth-order valence-corrected chi connectivity index (χ4v) is 2.17. The Bertz CT molecular complexity index is 587. The molecule has 1 fully saturated rings. The SMILES string of the molecule is Nc1ccc2c(=O)cc(N3CCOCC3)cc-2o1. The first kappa shape index (κ1) is 11.1. The molecule has 0 amide bonds. The molecular formula is C13H14N2O3. The molecule has 0 unspecified atom stereocenters. The van der Waals surface area contributed by atoms with E-state index in [2.05, 4.69) is 4.90 Å². The van der Waals surface area contributed by atoms with Crippen LogP contribution in [0, 0.1) is 0 Å². The predicted molar refractivity (Wildman–Crippen MR) is 69.0 cm³/mol. The highest BCUT2D eigenvalue weighted by Crippen LogP contribution is 2.26. The van der Waals surface area contributed by atoms with Crippen molar-refractivity contribution in [1.82, 2.24) is 0 Å². The molecule has 0 spiro atoms. The van der Waals surface area contributed by atoms with E-state index in [4.69, 9.17) is 14.9 Å². The molecule has 0 bridgehead atoms. The first-order chi connectivity index (χ1) is 8.74.